The molecule has 0 saturated carbocycles. The van der Waals surface area contributed by atoms with Crippen LogP contribution in [0.15, 0.2) is 0 Å². The maximum atomic E-state index is 11.9. The summed E-state index contributed by atoms with van der Waals surface area (Å²) in [6.07, 6.45) is 5.32. The van der Waals surface area contributed by atoms with E-state index in [0.717, 1.165) is 71.5 Å². The van der Waals surface area contributed by atoms with Crippen molar-refractivity contribution in [1.82, 2.24) is 15.1 Å². The molecule has 0 aromatic rings. The van der Waals surface area contributed by atoms with Crippen LogP contribution < -0.4 is 5.32 Å². The van der Waals surface area contributed by atoms with Crippen LogP contribution in [0.25, 0.3) is 0 Å². The van der Waals surface area contributed by atoms with E-state index in [1.807, 2.05) is 13.8 Å². The molecule has 0 aromatic carbocycles. The predicted octanol–water partition coefficient (Wildman–Crippen LogP) is 1.77. The maximum Gasteiger partial charge on any atom is 0.149 e. The maximum absolute atomic E-state index is 11.9. The van der Waals surface area contributed by atoms with Gasteiger partial charge in [-0.3, -0.25) is 9.69 Å². The minimum absolute atomic E-state index is 0.150. The van der Waals surface area contributed by atoms with Crippen molar-refractivity contribution in [2.75, 3.05) is 52.4 Å². The number of nitrogens with one attached hydrogen (secondary N) is 1. The lowest BCUT2D eigenvalue weighted by molar-refractivity contribution is -0.124. The number of carbonyl (C=O) groups is 1. The second-order valence-corrected chi connectivity index (χ2v) is 7.63. The summed E-state index contributed by atoms with van der Waals surface area (Å²) in [4.78, 5) is 16.7. The SMILES string of the molecule is CCNCCN1CCC(OC2CCN(CC(=O)C(C)C)CC2)CC1. The number of hydrogen-bond acceptors (Lipinski definition) is 5. The molecule has 2 aliphatic heterocycles. The van der Waals surface area contributed by atoms with Gasteiger partial charge >= 0.3 is 0 Å². The van der Waals surface area contributed by atoms with Gasteiger partial charge in [0.2, 0.25) is 0 Å². The smallest absolute Gasteiger partial charge is 0.149 e. The predicted molar refractivity (Wildman–Crippen MR) is 98.4 cm³/mol. The van der Waals surface area contributed by atoms with E-state index in [-0.39, 0.29) is 5.92 Å². The fourth-order valence-corrected chi connectivity index (χ4v) is 3.56. The number of likely N-dealkylation sites (tertiary alicyclic amines) is 2. The number of rotatable bonds is 9. The molecule has 0 radical (unpaired) electrons. The highest BCUT2D eigenvalue weighted by Gasteiger charge is 2.26. The standard InChI is InChI=1S/C19H37N3O2/c1-4-20-9-14-21-10-5-17(6-11-21)24-18-7-12-22(13-8-18)15-19(23)16(2)3/h16-18,20H,4-15H2,1-3H3. The molecule has 0 atom stereocenters. The quantitative estimate of drug-likeness (QED) is 0.649. The average Bonchev–Trinajstić information content (AvgIpc) is 2.58. The van der Waals surface area contributed by atoms with E-state index < -0.39 is 0 Å². The minimum atomic E-state index is 0.150. The molecule has 0 aliphatic carbocycles. The van der Waals surface area contributed by atoms with E-state index in [4.69, 9.17) is 4.74 Å². The van der Waals surface area contributed by atoms with Gasteiger partial charge in [-0.1, -0.05) is 20.8 Å². The Labute approximate surface area is 148 Å². The lowest BCUT2D eigenvalue weighted by atomic mass is 10.0. The van der Waals surface area contributed by atoms with E-state index >= 15 is 0 Å². The Kier molecular flexibility index (Phi) is 8.67. The Morgan fingerprint density at radius 2 is 1.58 bits per heavy atom. The molecule has 0 spiro atoms. The summed E-state index contributed by atoms with van der Waals surface area (Å²) in [5.41, 5.74) is 0. The van der Waals surface area contributed by atoms with E-state index in [9.17, 15) is 4.79 Å². The molecule has 1 N–H and O–H groups in total. The third kappa shape index (κ3) is 6.79. The number of nitrogens with zero attached hydrogens (tertiary/aromatic N) is 2. The van der Waals surface area contributed by atoms with Gasteiger partial charge in [-0.15, -0.1) is 0 Å². The fourth-order valence-electron chi connectivity index (χ4n) is 3.56. The highest BCUT2D eigenvalue weighted by molar-refractivity contribution is 5.82. The second kappa shape index (κ2) is 10.5. The molecule has 5 nitrogen and oxygen atoms in total. The number of likely N-dealkylation sites (N-methyl/N-ethyl adjacent to an activating group) is 1. The summed E-state index contributed by atoms with van der Waals surface area (Å²) < 4.78 is 6.35. The summed E-state index contributed by atoms with van der Waals surface area (Å²) in [5, 5.41) is 3.40. The summed E-state index contributed by atoms with van der Waals surface area (Å²) in [7, 11) is 0. The van der Waals surface area contributed by atoms with Crippen LogP contribution >= 0.6 is 0 Å². The summed E-state index contributed by atoms with van der Waals surface area (Å²) >= 11 is 0. The molecule has 2 fully saturated rings. The molecule has 2 heterocycles. The largest absolute Gasteiger partial charge is 0.375 e. The first-order chi connectivity index (χ1) is 11.6. The van der Waals surface area contributed by atoms with Gasteiger partial charge in [-0.2, -0.15) is 0 Å². The van der Waals surface area contributed by atoms with Crippen molar-refractivity contribution in [2.24, 2.45) is 5.92 Å². The summed E-state index contributed by atoms with van der Waals surface area (Å²) in [6, 6.07) is 0. The lowest BCUT2D eigenvalue weighted by Gasteiger charge is -2.37. The monoisotopic (exact) mass is 339 g/mol. The topological polar surface area (TPSA) is 44.8 Å². The van der Waals surface area contributed by atoms with Crippen molar-refractivity contribution in [3.63, 3.8) is 0 Å². The van der Waals surface area contributed by atoms with Gasteiger partial charge in [0.05, 0.1) is 18.8 Å². The van der Waals surface area contributed by atoms with Crippen LogP contribution in [0, 0.1) is 5.92 Å². The Morgan fingerprint density at radius 1 is 1.04 bits per heavy atom. The third-order valence-electron chi connectivity index (χ3n) is 5.33. The molecule has 5 heteroatoms. The van der Waals surface area contributed by atoms with Crippen LogP contribution in [0.2, 0.25) is 0 Å². The Morgan fingerprint density at radius 3 is 2.08 bits per heavy atom. The van der Waals surface area contributed by atoms with Crippen LogP contribution in [-0.4, -0.2) is 80.1 Å². The second-order valence-electron chi connectivity index (χ2n) is 7.63. The van der Waals surface area contributed by atoms with Gasteiger partial charge in [0.1, 0.15) is 5.78 Å². The van der Waals surface area contributed by atoms with E-state index in [1.54, 1.807) is 0 Å². The van der Waals surface area contributed by atoms with Crippen LogP contribution in [0.5, 0.6) is 0 Å². The molecule has 0 amide bonds. The summed E-state index contributed by atoms with van der Waals surface area (Å²) in [5.74, 6) is 0.510. The molecule has 24 heavy (non-hydrogen) atoms. The Balaban J connectivity index is 1.58. The Bertz CT molecular complexity index is 360. The van der Waals surface area contributed by atoms with Gasteiger partial charge in [0, 0.05) is 45.2 Å². The van der Waals surface area contributed by atoms with Crippen molar-refractivity contribution in [3.05, 3.63) is 0 Å². The number of ketones is 1. The zero-order valence-corrected chi connectivity index (χ0v) is 15.9. The molecule has 2 saturated heterocycles. The number of carbonyl (C=O) groups excluding carboxylic acids is 1. The number of ether oxygens (including phenoxy) is 1. The molecule has 2 rings (SSSR count). The van der Waals surface area contributed by atoms with Gasteiger partial charge < -0.3 is 15.0 Å². The van der Waals surface area contributed by atoms with Gasteiger partial charge in [0.15, 0.2) is 0 Å². The first-order valence-electron chi connectivity index (χ1n) is 9.92. The van der Waals surface area contributed by atoms with Gasteiger partial charge in [0.25, 0.3) is 0 Å². The highest BCUT2D eigenvalue weighted by atomic mass is 16.5. The van der Waals surface area contributed by atoms with Crippen LogP contribution in [0.1, 0.15) is 46.5 Å². The van der Waals surface area contributed by atoms with Crippen molar-refractivity contribution in [1.29, 1.82) is 0 Å². The first-order valence-corrected chi connectivity index (χ1v) is 9.92. The van der Waals surface area contributed by atoms with Crippen LogP contribution in [0.4, 0.5) is 0 Å². The Hall–Kier alpha value is -0.490. The van der Waals surface area contributed by atoms with Gasteiger partial charge in [-0.25, -0.2) is 0 Å². The zero-order chi connectivity index (χ0) is 17.4. The van der Waals surface area contributed by atoms with Gasteiger partial charge in [-0.05, 0) is 32.2 Å². The van der Waals surface area contributed by atoms with Crippen molar-refractivity contribution in [2.45, 2.75) is 58.7 Å². The molecule has 140 valence electrons. The normalized spacial score (nSPS) is 22.3. The summed E-state index contributed by atoms with van der Waals surface area (Å²) in [6.45, 7) is 14.4. The van der Waals surface area contributed by atoms with Crippen molar-refractivity contribution in [3.8, 4) is 0 Å². The lowest BCUT2D eigenvalue weighted by Crippen LogP contribution is -2.44. The molecule has 0 bridgehead atoms. The van der Waals surface area contributed by atoms with Crippen molar-refractivity contribution < 1.29 is 9.53 Å². The van der Waals surface area contributed by atoms with E-state index in [0.29, 0.717) is 24.5 Å². The molecule has 0 unspecified atom stereocenters. The van der Waals surface area contributed by atoms with Crippen molar-refractivity contribution >= 4 is 5.78 Å². The fraction of sp³-hybridized carbons (Fsp3) is 0.947. The van der Waals surface area contributed by atoms with E-state index in [2.05, 4.69) is 22.0 Å². The average molecular weight is 340 g/mol. The first kappa shape index (κ1) is 19.8. The molecular weight excluding hydrogens is 302 g/mol. The minimum Gasteiger partial charge on any atom is -0.375 e. The number of hydrogen-bond donors (Lipinski definition) is 1. The molecule has 2 aliphatic rings. The van der Waals surface area contributed by atoms with Crippen LogP contribution in [-0.2, 0) is 9.53 Å². The highest BCUT2D eigenvalue weighted by Crippen LogP contribution is 2.21. The van der Waals surface area contributed by atoms with Crippen LogP contribution in [0.3, 0.4) is 0 Å². The number of Topliss-reactive ketones (excluding diaryl/α,β-unsaturated/α-hetero) is 1. The number of piperidine rings is 2. The molecule has 0 aromatic heterocycles. The zero-order valence-electron chi connectivity index (χ0n) is 15.9. The third-order valence-corrected chi connectivity index (χ3v) is 5.33. The molecular formula is C19H37N3O2. The van der Waals surface area contributed by atoms with E-state index in [1.165, 1.54) is 0 Å².